The minimum atomic E-state index is 0. The van der Waals surface area contributed by atoms with Crippen molar-refractivity contribution in [3.8, 4) is 0 Å². The predicted molar refractivity (Wildman–Crippen MR) is 28.7 cm³/mol. The van der Waals surface area contributed by atoms with E-state index in [9.17, 15) is 0 Å². The molecule has 0 aliphatic carbocycles. The van der Waals surface area contributed by atoms with Crippen LogP contribution >= 0.6 is 0 Å². The Bertz CT molecular complexity index is 102. The molecule has 0 fully saturated rings. The number of aromatic amines is 1. The Kier molecular flexibility index (Phi) is 3.57. The third kappa shape index (κ3) is 2.18. The maximum Gasteiger partial charge on any atom is 0.154 e. The topological polar surface area (TPSA) is 42.1 Å². The van der Waals surface area contributed by atoms with E-state index in [0.29, 0.717) is 0 Å². The Morgan fingerprint density at radius 2 is 2.00 bits per heavy atom. The lowest BCUT2D eigenvalue weighted by molar-refractivity contribution is 0.402. The number of nitrogens with one attached hydrogen (secondary N) is 1. The maximum atomic E-state index is 4.65. The lowest BCUT2D eigenvalue weighted by atomic mass is 10.8. The van der Waals surface area contributed by atoms with E-state index in [1.54, 1.807) is 6.20 Å². The molecule has 0 amide bonds. The van der Waals surface area contributed by atoms with Crippen LogP contribution in [0.25, 0.3) is 0 Å². The highest BCUT2D eigenvalue weighted by molar-refractivity contribution is 5.75. The molecule has 4 heteroatoms. The second-order valence-corrected chi connectivity index (χ2v) is 0.947. The minimum Gasteiger partial charge on any atom is -0.468 e. The molecule has 1 aromatic rings. The van der Waals surface area contributed by atoms with Crippen molar-refractivity contribution in [2.45, 2.75) is 0 Å². The molecule has 41 valence electrons. The highest BCUT2D eigenvalue weighted by atomic mass is 16.5. The second kappa shape index (κ2) is 4.11. The van der Waals surface area contributed by atoms with Crippen molar-refractivity contribution in [2.24, 2.45) is 0 Å². The largest absolute Gasteiger partial charge is 0.468 e. The molecule has 1 rings (SSSR count). The number of hydrogen-bond acceptors (Lipinski definition) is 2. The van der Waals surface area contributed by atoms with Crippen LogP contribution in [0.1, 0.15) is 0 Å². The van der Waals surface area contributed by atoms with Crippen molar-refractivity contribution in [3.63, 3.8) is 0 Å². The summed E-state index contributed by atoms with van der Waals surface area (Å²) in [5.41, 5.74) is 0. The van der Waals surface area contributed by atoms with Gasteiger partial charge in [-0.25, -0.2) is 5.16 Å². The number of aromatic nitrogens is 1. The first kappa shape index (κ1) is 6.94. The van der Waals surface area contributed by atoms with Crippen LogP contribution < -0.4 is 0 Å². The van der Waals surface area contributed by atoms with Gasteiger partial charge in [-0.3, -0.25) is 0 Å². The van der Waals surface area contributed by atoms with E-state index in [1.807, 2.05) is 0 Å². The first-order chi connectivity index (χ1) is 3.50. The monoisotopic (exact) mass is 110 g/mol. The van der Waals surface area contributed by atoms with E-state index in [1.165, 1.54) is 18.8 Å². The summed E-state index contributed by atoms with van der Waals surface area (Å²) in [6.45, 7) is 0. The van der Waals surface area contributed by atoms with Crippen molar-refractivity contribution >= 4 is 8.41 Å². The standard InChI is InChI=1S/C4H5NO2.B/c1-2-6-3-4-7-5-1;/h1-5H;. The van der Waals surface area contributed by atoms with Crippen molar-refractivity contribution in [1.82, 2.24) is 5.16 Å². The SMILES string of the molecule is [B].c1cocco[nH]1. The molecule has 3 radical (unpaired) electrons. The molecule has 8 heavy (non-hydrogen) atoms. The molecule has 1 heterocycles. The molecule has 0 spiro atoms. The van der Waals surface area contributed by atoms with Crippen LogP contribution in [0.2, 0.25) is 0 Å². The molecule has 0 atom stereocenters. The Balaban J connectivity index is 0.000000490. The van der Waals surface area contributed by atoms with Gasteiger partial charge in [-0.1, -0.05) is 0 Å². The predicted octanol–water partition coefficient (Wildman–Crippen LogP) is 0.944. The molecule has 3 nitrogen and oxygen atoms in total. The van der Waals surface area contributed by atoms with E-state index in [0.717, 1.165) is 0 Å². The van der Waals surface area contributed by atoms with Crippen molar-refractivity contribution in [3.05, 3.63) is 25.0 Å². The van der Waals surface area contributed by atoms with E-state index in [4.69, 9.17) is 0 Å². The molecule has 1 N–H and O–H groups in total. The van der Waals surface area contributed by atoms with Gasteiger partial charge in [0.2, 0.25) is 0 Å². The fraction of sp³-hybridized carbons (Fsp3) is 0. The summed E-state index contributed by atoms with van der Waals surface area (Å²) >= 11 is 0. The first-order valence-corrected chi connectivity index (χ1v) is 1.87. The third-order valence-electron chi connectivity index (χ3n) is 0.485. The Morgan fingerprint density at radius 3 is 2.88 bits per heavy atom. The highest BCUT2D eigenvalue weighted by Gasteiger charge is 1.58. The zero-order chi connectivity index (χ0) is 4.95. The van der Waals surface area contributed by atoms with E-state index < -0.39 is 0 Å². The Labute approximate surface area is 48.5 Å². The van der Waals surface area contributed by atoms with Gasteiger partial charge in [0.1, 0.15) is 12.5 Å². The molecule has 1 aromatic heterocycles. The van der Waals surface area contributed by atoms with Gasteiger partial charge in [0.25, 0.3) is 0 Å². The van der Waals surface area contributed by atoms with Crippen LogP contribution in [0.15, 0.2) is 33.9 Å². The van der Waals surface area contributed by atoms with Crippen molar-refractivity contribution < 1.29 is 8.94 Å². The summed E-state index contributed by atoms with van der Waals surface area (Å²) in [4.78, 5) is 0. The van der Waals surface area contributed by atoms with Gasteiger partial charge < -0.3 is 8.94 Å². The van der Waals surface area contributed by atoms with Gasteiger partial charge >= 0.3 is 0 Å². The fourth-order valence-corrected chi connectivity index (χ4v) is 0.251. The lowest BCUT2D eigenvalue weighted by Crippen LogP contribution is -1.48. The third-order valence-corrected chi connectivity index (χ3v) is 0.485. The summed E-state index contributed by atoms with van der Waals surface area (Å²) in [5.74, 6) is 0. The average Bonchev–Trinajstić information content (AvgIpc) is 1.90. The summed E-state index contributed by atoms with van der Waals surface area (Å²) in [6, 6.07) is 0. The molecule has 0 aliphatic rings. The van der Waals surface area contributed by atoms with Gasteiger partial charge in [0, 0.05) is 8.41 Å². The van der Waals surface area contributed by atoms with Crippen LogP contribution in [0, 0.1) is 0 Å². The van der Waals surface area contributed by atoms with Crippen molar-refractivity contribution in [2.75, 3.05) is 0 Å². The summed E-state index contributed by atoms with van der Waals surface area (Å²) < 4.78 is 9.20. The highest BCUT2D eigenvalue weighted by Crippen LogP contribution is 1.74. The van der Waals surface area contributed by atoms with Gasteiger partial charge in [-0.2, -0.15) is 0 Å². The molecule has 0 unspecified atom stereocenters. The minimum absolute atomic E-state index is 0. The second-order valence-electron chi connectivity index (χ2n) is 0.947. The molecule has 0 aromatic carbocycles. The molecule has 0 saturated heterocycles. The number of hydrogen-bond donors (Lipinski definition) is 1. The van der Waals surface area contributed by atoms with Crippen LogP contribution in [0.4, 0.5) is 0 Å². The number of H-pyrrole nitrogens is 1. The number of rotatable bonds is 0. The molecular weight excluding hydrogens is 105 g/mol. The Hall–Kier alpha value is -1.06. The summed E-state index contributed by atoms with van der Waals surface area (Å²) in [7, 11) is 0. The molecule has 0 saturated carbocycles. The zero-order valence-corrected chi connectivity index (χ0v) is 4.20. The normalized spacial score (nSPS) is 7.00. The maximum absolute atomic E-state index is 4.65. The van der Waals surface area contributed by atoms with E-state index in [-0.39, 0.29) is 8.41 Å². The molecule has 0 aliphatic heterocycles. The van der Waals surface area contributed by atoms with Gasteiger partial charge in [0.15, 0.2) is 6.26 Å². The smallest absolute Gasteiger partial charge is 0.154 e. The first-order valence-electron chi connectivity index (χ1n) is 1.87. The fourth-order valence-electron chi connectivity index (χ4n) is 0.251. The van der Waals surface area contributed by atoms with Crippen LogP contribution in [-0.4, -0.2) is 13.6 Å². The van der Waals surface area contributed by atoms with E-state index >= 15 is 0 Å². The quantitative estimate of drug-likeness (QED) is 0.505. The lowest BCUT2D eigenvalue weighted by Gasteiger charge is -1.62. The zero-order valence-electron chi connectivity index (χ0n) is 4.20. The van der Waals surface area contributed by atoms with Crippen LogP contribution in [0.3, 0.4) is 0 Å². The molecule has 0 bridgehead atoms. The Morgan fingerprint density at radius 1 is 1.12 bits per heavy atom. The summed E-state index contributed by atoms with van der Waals surface area (Å²) in [5, 5.41) is 2.45. The van der Waals surface area contributed by atoms with Crippen molar-refractivity contribution in [1.29, 1.82) is 0 Å². The van der Waals surface area contributed by atoms with Gasteiger partial charge in [-0.15, -0.1) is 0 Å². The van der Waals surface area contributed by atoms with Gasteiger partial charge in [0.05, 0.1) is 6.20 Å². The van der Waals surface area contributed by atoms with Crippen LogP contribution in [0.5, 0.6) is 0 Å². The van der Waals surface area contributed by atoms with E-state index in [2.05, 4.69) is 14.1 Å². The van der Waals surface area contributed by atoms with Gasteiger partial charge in [-0.05, 0) is 0 Å². The van der Waals surface area contributed by atoms with Crippen LogP contribution in [-0.2, 0) is 0 Å². The summed E-state index contributed by atoms with van der Waals surface area (Å²) in [6.07, 6.45) is 5.85. The molecular formula is C4H5BNO2. The average molecular weight is 110 g/mol.